The van der Waals surface area contributed by atoms with Gasteiger partial charge in [-0.25, -0.2) is 4.79 Å². The maximum absolute atomic E-state index is 12.0. The molecule has 0 aromatic heterocycles. The summed E-state index contributed by atoms with van der Waals surface area (Å²) in [4.78, 5) is 14.3. The molecule has 1 aromatic rings. The van der Waals surface area contributed by atoms with E-state index in [-0.39, 0.29) is 12.6 Å². The van der Waals surface area contributed by atoms with E-state index in [0.29, 0.717) is 23.6 Å². The van der Waals surface area contributed by atoms with E-state index in [1.54, 1.807) is 6.07 Å². The van der Waals surface area contributed by atoms with E-state index >= 15 is 0 Å². The van der Waals surface area contributed by atoms with Crippen LogP contribution >= 0.6 is 11.6 Å². The third kappa shape index (κ3) is 5.02. The van der Waals surface area contributed by atoms with Crippen molar-refractivity contribution in [3.8, 4) is 0 Å². The van der Waals surface area contributed by atoms with Crippen LogP contribution in [0, 0.1) is 0 Å². The summed E-state index contributed by atoms with van der Waals surface area (Å²) in [5.74, 6) is 0. The Labute approximate surface area is 149 Å². The summed E-state index contributed by atoms with van der Waals surface area (Å²) < 4.78 is 0. The monoisotopic (exact) mass is 353 g/mol. The molecule has 6 heteroatoms. The number of urea groups is 1. The number of benzene rings is 1. The van der Waals surface area contributed by atoms with Crippen LogP contribution < -0.4 is 15.5 Å². The molecule has 0 bridgehead atoms. The second-order valence-corrected chi connectivity index (χ2v) is 6.86. The van der Waals surface area contributed by atoms with E-state index in [2.05, 4.69) is 15.5 Å². The van der Waals surface area contributed by atoms with E-state index < -0.39 is 5.60 Å². The summed E-state index contributed by atoms with van der Waals surface area (Å²) in [5, 5.41) is 16.3. The Hall–Kier alpha value is -1.46. The SMILES string of the molecule is CCC(O)(CC)CNC(=O)Nc1ccc(N2CCCCC2)c(Cl)c1. The normalized spacial score (nSPS) is 15.2. The van der Waals surface area contributed by atoms with Crippen molar-refractivity contribution in [2.24, 2.45) is 0 Å². The molecule has 1 fully saturated rings. The molecular formula is C18H28ClN3O2. The van der Waals surface area contributed by atoms with Crippen molar-refractivity contribution in [1.29, 1.82) is 0 Å². The van der Waals surface area contributed by atoms with Crippen LogP contribution in [0.5, 0.6) is 0 Å². The van der Waals surface area contributed by atoms with Crippen molar-refractivity contribution in [3.05, 3.63) is 23.2 Å². The van der Waals surface area contributed by atoms with Crippen molar-refractivity contribution in [2.75, 3.05) is 29.9 Å². The number of aliphatic hydroxyl groups is 1. The molecule has 1 heterocycles. The molecule has 1 aromatic carbocycles. The van der Waals surface area contributed by atoms with Gasteiger partial charge in [0, 0.05) is 25.3 Å². The average molecular weight is 354 g/mol. The number of piperidine rings is 1. The van der Waals surface area contributed by atoms with Crippen LogP contribution in [0.1, 0.15) is 46.0 Å². The van der Waals surface area contributed by atoms with Gasteiger partial charge in [0.25, 0.3) is 0 Å². The van der Waals surface area contributed by atoms with Gasteiger partial charge in [0.1, 0.15) is 0 Å². The Morgan fingerprint density at radius 1 is 1.25 bits per heavy atom. The second kappa shape index (κ2) is 8.58. The summed E-state index contributed by atoms with van der Waals surface area (Å²) in [6.07, 6.45) is 4.85. The highest BCUT2D eigenvalue weighted by molar-refractivity contribution is 6.33. The molecule has 134 valence electrons. The maximum atomic E-state index is 12.0. The maximum Gasteiger partial charge on any atom is 0.319 e. The van der Waals surface area contributed by atoms with Gasteiger partial charge in [0.05, 0.1) is 16.3 Å². The van der Waals surface area contributed by atoms with Crippen LogP contribution in [0.4, 0.5) is 16.2 Å². The van der Waals surface area contributed by atoms with E-state index in [0.717, 1.165) is 18.8 Å². The van der Waals surface area contributed by atoms with Gasteiger partial charge in [-0.05, 0) is 50.3 Å². The van der Waals surface area contributed by atoms with Gasteiger partial charge >= 0.3 is 6.03 Å². The fourth-order valence-corrected chi connectivity index (χ4v) is 3.20. The highest BCUT2D eigenvalue weighted by Crippen LogP contribution is 2.30. The summed E-state index contributed by atoms with van der Waals surface area (Å²) in [7, 11) is 0. The van der Waals surface area contributed by atoms with E-state index in [1.165, 1.54) is 19.3 Å². The minimum absolute atomic E-state index is 0.228. The van der Waals surface area contributed by atoms with Crippen molar-refractivity contribution in [1.82, 2.24) is 5.32 Å². The van der Waals surface area contributed by atoms with Crippen LogP contribution in [0.3, 0.4) is 0 Å². The molecule has 1 aliphatic rings. The quantitative estimate of drug-likeness (QED) is 0.724. The minimum atomic E-state index is -0.854. The molecule has 2 amide bonds. The number of halogens is 1. The molecule has 24 heavy (non-hydrogen) atoms. The van der Waals surface area contributed by atoms with E-state index in [4.69, 9.17) is 11.6 Å². The zero-order valence-corrected chi connectivity index (χ0v) is 15.3. The second-order valence-electron chi connectivity index (χ2n) is 6.45. The summed E-state index contributed by atoms with van der Waals surface area (Å²) in [6.45, 7) is 6.09. The lowest BCUT2D eigenvalue weighted by Gasteiger charge is -2.29. The Morgan fingerprint density at radius 2 is 1.92 bits per heavy atom. The Bertz CT molecular complexity index is 555. The molecule has 1 saturated heterocycles. The van der Waals surface area contributed by atoms with Gasteiger partial charge in [0.15, 0.2) is 0 Å². The fraction of sp³-hybridized carbons (Fsp3) is 0.611. The Kier molecular flexibility index (Phi) is 6.75. The number of anilines is 2. The zero-order valence-electron chi connectivity index (χ0n) is 14.6. The molecule has 0 spiro atoms. The molecular weight excluding hydrogens is 326 g/mol. The molecule has 2 rings (SSSR count). The number of nitrogens with one attached hydrogen (secondary N) is 2. The van der Waals surface area contributed by atoms with E-state index in [9.17, 15) is 9.90 Å². The zero-order chi connectivity index (χ0) is 17.6. The number of carbonyl (C=O) groups excluding carboxylic acids is 1. The largest absolute Gasteiger partial charge is 0.388 e. The predicted molar refractivity (Wildman–Crippen MR) is 100 cm³/mol. The topological polar surface area (TPSA) is 64.6 Å². The lowest BCUT2D eigenvalue weighted by molar-refractivity contribution is 0.0354. The Morgan fingerprint density at radius 3 is 2.50 bits per heavy atom. The number of amides is 2. The van der Waals surface area contributed by atoms with Gasteiger partial charge in [-0.15, -0.1) is 0 Å². The first-order valence-corrected chi connectivity index (χ1v) is 9.17. The lowest BCUT2D eigenvalue weighted by atomic mass is 9.98. The van der Waals surface area contributed by atoms with Crippen LogP contribution in [-0.2, 0) is 0 Å². The molecule has 0 atom stereocenters. The molecule has 0 saturated carbocycles. The first-order valence-electron chi connectivity index (χ1n) is 8.79. The van der Waals surface area contributed by atoms with Crippen LogP contribution in [0.2, 0.25) is 5.02 Å². The van der Waals surface area contributed by atoms with Crippen LogP contribution in [-0.4, -0.2) is 36.4 Å². The smallest absolute Gasteiger partial charge is 0.319 e. The number of rotatable bonds is 6. The molecule has 0 unspecified atom stereocenters. The van der Waals surface area contributed by atoms with Gasteiger partial charge < -0.3 is 20.6 Å². The lowest BCUT2D eigenvalue weighted by Crippen LogP contribution is -2.43. The number of hydrogen-bond donors (Lipinski definition) is 3. The van der Waals surface area contributed by atoms with Gasteiger partial charge in [-0.1, -0.05) is 25.4 Å². The summed E-state index contributed by atoms with van der Waals surface area (Å²) in [5.41, 5.74) is 0.816. The number of nitrogens with zero attached hydrogens (tertiary/aromatic N) is 1. The highest BCUT2D eigenvalue weighted by atomic mass is 35.5. The third-order valence-corrected chi connectivity index (χ3v) is 5.10. The van der Waals surface area contributed by atoms with Crippen LogP contribution in [0.25, 0.3) is 0 Å². The van der Waals surface area contributed by atoms with Crippen molar-refractivity contribution < 1.29 is 9.90 Å². The average Bonchev–Trinajstić information content (AvgIpc) is 2.60. The molecule has 0 radical (unpaired) electrons. The Balaban J connectivity index is 1.93. The highest BCUT2D eigenvalue weighted by Gasteiger charge is 2.22. The van der Waals surface area contributed by atoms with Crippen molar-refractivity contribution in [2.45, 2.75) is 51.6 Å². The summed E-state index contributed by atoms with van der Waals surface area (Å²) >= 11 is 6.39. The molecule has 3 N–H and O–H groups in total. The third-order valence-electron chi connectivity index (χ3n) is 4.80. The molecule has 1 aliphatic heterocycles. The standard InChI is InChI=1S/C18H28ClN3O2/c1-3-18(24,4-2)13-20-17(23)21-14-8-9-16(15(19)12-14)22-10-6-5-7-11-22/h8-9,12,24H,3-7,10-11,13H2,1-2H3,(H2,20,21,23). The van der Waals surface area contributed by atoms with Gasteiger partial charge in [-0.3, -0.25) is 0 Å². The first kappa shape index (κ1) is 18.9. The number of carbonyl (C=O) groups is 1. The van der Waals surface area contributed by atoms with Gasteiger partial charge in [0.2, 0.25) is 0 Å². The van der Waals surface area contributed by atoms with Crippen molar-refractivity contribution >= 4 is 29.0 Å². The van der Waals surface area contributed by atoms with E-state index in [1.807, 2.05) is 26.0 Å². The minimum Gasteiger partial charge on any atom is -0.388 e. The number of hydrogen-bond acceptors (Lipinski definition) is 3. The van der Waals surface area contributed by atoms with Crippen molar-refractivity contribution in [3.63, 3.8) is 0 Å². The summed E-state index contributed by atoms with van der Waals surface area (Å²) in [6, 6.07) is 5.26. The molecule has 5 nitrogen and oxygen atoms in total. The van der Waals surface area contributed by atoms with Gasteiger partial charge in [-0.2, -0.15) is 0 Å². The first-order chi connectivity index (χ1) is 11.5. The fourth-order valence-electron chi connectivity index (χ4n) is 2.90. The predicted octanol–water partition coefficient (Wildman–Crippen LogP) is 4.00. The van der Waals surface area contributed by atoms with Crippen LogP contribution in [0.15, 0.2) is 18.2 Å². The molecule has 0 aliphatic carbocycles.